The molecule has 0 unspecified atom stereocenters. The van der Waals surface area contributed by atoms with Crippen LogP contribution in [0.5, 0.6) is 0 Å². The summed E-state index contributed by atoms with van der Waals surface area (Å²) in [6.45, 7) is 4.70. The van der Waals surface area contributed by atoms with Gasteiger partial charge in [-0.1, -0.05) is 19.4 Å². The summed E-state index contributed by atoms with van der Waals surface area (Å²) in [4.78, 5) is 11.6. The van der Waals surface area contributed by atoms with E-state index in [2.05, 4.69) is 39.6 Å². The predicted molar refractivity (Wildman–Crippen MR) is 106 cm³/mol. The molecule has 0 bridgehead atoms. The van der Waals surface area contributed by atoms with Crippen molar-refractivity contribution in [1.29, 1.82) is 5.26 Å². The van der Waals surface area contributed by atoms with Gasteiger partial charge in [0.1, 0.15) is 5.82 Å². The van der Waals surface area contributed by atoms with E-state index >= 15 is 0 Å². The van der Waals surface area contributed by atoms with Crippen molar-refractivity contribution in [2.45, 2.75) is 32.2 Å². The summed E-state index contributed by atoms with van der Waals surface area (Å²) in [7, 11) is 0. The van der Waals surface area contributed by atoms with Gasteiger partial charge in [-0.25, -0.2) is 4.98 Å². The van der Waals surface area contributed by atoms with E-state index in [1.165, 1.54) is 0 Å². The van der Waals surface area contributed by atoms with Crippen LogP contribution in [-0.4, -0.2) is 47.4 Å². The van der Waals surface area contributed by atoms with E-state index in [1.807, 2.05) is 12.1 Å². The number of benzene rings is 1. The molecule has 1 atom stereocenters. The molecule has 1 aromatic carbocycles. The number of aromatic nitrogens is 2. The van der Waals surface area contributed by atoms with Gasteiger partial charge in [0.2, 0.25) is 5.95 Å². The maximum Gasteiger partial charge on any atom is 0.229 e. The first kappa shape index (κ1) is 19.1. The van der Waals surface area contributed by atoms with Gasteiger partial charge in [0.05, 0.1) is 18.2 Å². The van der Waals surface area contributed by atoms with E-state index in [9.17, 15) is 0 Å². The number of hydrogen-bond donors (Lipinski definition) is 3. The summed E-state index contributed by atoms with van der Waals surface area (Å²) in [6, 6.07) is 11.9. The number of nitrogens with zero attached hydrogens (tertiary/aromatic N) is 4. The van der Waals surface area contributed by atoms with E-state index in [0.717, 1.165) is 49.6 Å². The minimum atomic E-state index is 0.153. The fraction of sp³-hybridized carbons (Fsp3) is 0.450. The summed E-state index contributed by atoms with van der Waals surface area (Å²) in [5, 5.41) is 24.7. The van der Waals surface area contributed by atoms with Gasteiger partial charge in [0.15, 0.2) is 0 Å². The molecule has 2 heterocycles. The second kappa shape index (κ2) is 9.31. The van der Waals surface area contributed by atoms with Crippen LogP contribution < -0.4 is 15.5 Å². The van der Waals surface area contributed by atoms with Gasteiger partial charge >= 0.3 is 0 Å². The molecular weight excluding hydrogens is 340 g/mol. The van der Waals surface area contributed by atoms with Crippen LogP contribution in [-0.2, 0) is 6.42 Å². The summed E-state index contributed by atoms with van der Waals surface area (Å²) >= 11 is 0. The van der Waals surface area contributed by atoms with Gasteiger partial charge in [-0.3, -0.25) is 0 Å². The zero-order valence-electron chi connectivity index (χ0n) is 15.6. The van der Waals surface area contributed by atoms with Crippen LogP contribution in [0.1, 0.15) is 31.0 Å². The van der Waals surface area contributed by atoms with E-state index < -0.39 is 0 Å². The highest BCUT2D eigenvalue weighted by molar-refractivity contribution is 5.58. The largest absolute Gasteiger partial charge is 0.395 e. The lowest BCUT2D eigenvalue weighted by molar-refractivity contribution is 0.286. The third kappa shape index (κ3) is 5.16. The molecule has 142 valence electrons. The SMILES string of the molecule is CCCc1cc(N2CC[C@H](NCCO)C2)nc(Nc2cccc(C#N)c2)n1. The minimum absolute atomic E-state index is 0.153. The molecule has 1 saturated heterocycles. The van der Waals surface area contributed by atoms with Crippen molar-refractivity contribution in [2.75, 3.05) is 36.5 Å². The number of nitriles is 1. The van der Waals surface area contributed by atoms with Gasteiger partial charge < -0.3 is 20.6 Å². The van der Waals surface area contributed by atoms with E-state index in [-0.39, 0.29) is 6.61 Å². The van der Waals surface area contributed by atoms with Crippen molar-refractivity contribution in [3.8, 4) is 6.07 Å². The zero-order valence-corrected chi connectivity index (χ0v) is 15.6. The molecule has 1 fully saturated rings. The van der Waals surface area contributed by atoms with Gasteiger partial charge in [-0.15, -0.1) is 0 Å². The highest BCUT2D eigenvalue weighted by Gasteiger charge is 2.23. The van der Waals surface area contributed by atoms with Crippen LogP contribution in [0.2, 0.25) is 0 Å². The van der Waals surface area contributed by atoms with Crippen LogP contribution in [0.4, 0.5) is 17.5 Å². The molecule has 0 saturated carbocycles. The third-order valence-corrected chi connectivity index (χ3v) is 4.58. The number of nitrogens with one attached hydrogen (secondary N) is 2. The molecule has 7 heteroatoms. The standard InChI is InChI=1S/C20H26N6O/c1-2-4-16-12-19(26-9-7-18(14-26)22-8-10-27)25-20(23-16)24-17-6-3-5-15(11-17)13-21/h3,5-6,11-12,18,22,27H,2,4,7-10,14H2,1H3,(H,23,24,25)/t18-/m0/s1. The molecule has 27 heavy (non-hydrogen) atoms. The maximum absolute atomic E-state index is 9.08. The Morgan fingerprint density at radius 1 is 1.33 bits per heavy atom. The number of rotatable bonds is 8. The topological polar surface area (TPSA) is 97.1 Å². The van der Waals surface area contributed by atoms with Crippen molar-refractivity contribution in [2.24, 2.45) is 0 Å². The number of anilines is 3. The van der Waals surface area contributed by atoms with Gasteiger partial charge in [0.25, 0.3) is 0 Å². The van der Waals surface area contributed by atoms with Crippen LogP contribution in [0.3, 0.4) is 0 Å². The average molecular weight is 366 g/mol. The third-order valence-electron chi connectivity index (χ3n) is 4.58. The fourth-order valence-corrected chi connectivity index (χ4v) is 3.28. The molecule has 0 amide bonds. The summed E-state index contributed by atoms with van der Waals surface area (Å²) < 4.78 is 0. The number of aryl methyl sites for hydroxylation is 1. The highest BCUT2D eigenvalue weighted by atomic mass is 16.3. The molecule has 1 aliphatic rings. The number of aliphatic hydroxyl groups excluding tert-OH is 1. The van der Waals surface area contributed by atoms with Crippen molar-refractivity contribution >= 4 is 17.5 Å². The highest BCUT2D eigenvalue weighted by Crippen LogP contribution is 2.23. The molecular formula is C20H26N6O. The Morgan fingerprint density at radius 3 is 3.00 bits per heavy atom. The molecule has 0 aliphatic carbocycles. The fourth-order valence-electron chi connectivity index (χ4n) is 3.28. The Morgan fingerprint density at radius 2 is 2.22 bits per heavy atom. The molecule has 0 radical (unpaired) electrons. The summed E-state index contributed by atoms with van der Waals surface area (Å²) in [5.41, 5.74) is 2.41. The van der Waals surface area contributed by atoms with Crippen LogP contribution in [0.25, 0.3) is 0 Å². The Bertz CT molecular complexity index is 803. The lowest BCUT2D eigenvalue weighted by Crippen LogP contribution is -2.34. The lowest BCUT2D eigenvalue weighted by Gasteiger charge is -2.19. The first-order valence-corrected chi connectivity index (χ1v) is 9.46. The second-order valence-corrected chi connectivity index (χ2v) is 6.72. The van der Waals surface area contributed by atoms with Crippen molar-refractivity contribution < 1.29 is 5.11 Å². The Labute approximate surface area is 160 Å². The number of hydrogen-bond acceptors (Lipinski definition) is 7. The molecule has 1 aromatic heterocycles. The Balaban J connectivity index is 1.79. The van der Waals surface area contributed by atoms with Gasteiger partial charge in [-0.2, -0.15) is 10.2 Å². The predicted octanol–water partition coefficient (Wildman–Crippen LogP) is 2.20. The molecule has 1 aliphatic heterocycles. The maximum atomic E-state index is 9.08. The first-order valence-electron chi connectivity index (χ1n) is 9.46. The lowest BCUT2D eigenvalue weighted by atomic mass is 10.2. The number of aliphatic hydroxyl groups is 1. The van der Waals surface area contributed by atoms with E-state index in [4.69, 9.17) is 15.4 Å². The summed E-state index contributed by atoms with van der Waals surface area (Å²) in [5.74, 6) is 1.47. The molecule has 7 nitrogen and oxygen atoms in total. The first-order chi connectivity index (χ1) is 13.2. The Kier molecular flexibility index (Phi) is 6.58. The molecule has 3 rings (SSSR count). The van der Waals surface area contributed by atoms with E-state index in [0.29, 0.717) is 24.1 Å². The van der Waals surface area contributed by atoms with Crippen molar-refractivity contribution in [3.63, 3.8) is 0 Å². The molecule has 3 N–H and O–H groups in total. The quantitative estimate of drug-likeness (QED) is 0.659. The van der Waals surface area contributed by atoms with Crippen LogP contribution in [0, 0.1) is 11.3 Å². The minimum Gasteiger partial charge on any atom is -0.395 e. The average Bonchev–Trinajstić information content (AvgIpc) is 3.15. The smallest absolute Gasteiger partial charge is 0.229 e. The normalized spacial score (nSPS) is 16.3. The molecule has 0 spiro atoms. The monoisotopic (exact) mass is 366 g/mol. The Hall–Kier alpha value is -2.69. The van der Waals surface area contributed by atoms with Crippen LogP contribution in [0.15, 0.2) is 30.3 Å². The van der Waals surface area contributed by atoms with Crippen LogP contribution >= 0.6 is 0 Å². The zero-order chi connectivity index (χ0) is 19.1. The molecule has 2 aromatic rings. The van der Waals surface area contributed by atoms with Crippen molar-refractivity contribution in [3.05, 3.63) is 41.6 Å². The van der Waals surface area contributed by atoms with Gasteiger partial charge in [0, 0.05) is 43.1 Å². The second-order valence-electron chi connectivity index (χ2n) is 6.72. The van der Waals surface area contributed by atoms with Crippen molar-refractivity contribution in [1.82, 2.24) is 15.3 Å². The summed E-state index contributed by atoms with van der Waals surface area (Å²) in [6.07, 6.45) is 2.93. The van der Waals surface area contributed by atoms with E-state index in [1.54, 1.807) is 12.1 Å². The van der Waals surface area contributed by atoms with Gasteiger partial charge in [-0.05, 0) is 31.0 Å².